The molecule has 0 unspecified atom stereocenters. The van der Waals surface area contributed by atoms with Crippen molar-refractivity contribution >= 4 is 41.0 Å². The van der Waals surface area contributed by atoms with Gasteiger partial charge in [0.1, 0.15) is 22.7 Å². The predicted molar refractivity (Wildman–Crippen MR) is 177 cm³/mol. The molecule has 1 N–H and O–H groups in total. The van der Waals surface area contributed by atoms with E-state index in [0.717, 1.165) is 16.8 Å². The molecular weight excluding hydrogens is 611 g/mol. The SMILES string of the molecule is CCOc1cc(C(C)(C)C)ncc1C1=N[C@@](C)(c2ccc(Cl)cc2)[C@@](C)(c2ccc(Cl)cc2)N1C(=O)N1CCC(C(=O)O)CC1. The minimum atomic E-state index is -1.06. The van der Waals surface area contributed by atoms with Gasteiger partial charge < -0.3 is 14.7 Å². The number of hydrogen-bond donors (Lipinski definition) is 1. The number of likely N-dealkylation sites (tertiary alicyclic amines) is 1. The van der Waals surface area contributed by atoms with Crippen molar-refractivity contribution in [3.63, 3.8) is 0 Å². The van der Waals surface area contributed by atoms with Crippen LogP contribution in [0.5, 0.6) is 5.75 Å². The molecule has 0 saturated carbocycles. The Morgan fingerprint density at radius 2 is 1.53 bits per heavy atom. The molecule has 45 heavy (non-hydrogen) atoms. The van der Waals surface area contributed by atoms with Gasteiger partial charge >= 0.3 is 12.0 Å². The Bertz CT molecular complexity index is 1610. The molecule has 0 spiro atoms. The van der Waals surface area contributed by atoms with E-state index in [4.69, 9.17) is 37.9 Å². The van der Waals surface area contributed by atoms with E-state index in [-0.39, 0.29) is 11.4 Å². The van der Waals surface area contributed by atoms with Crippen LogP contribution in [0.2, 0.25) is 10.0 Å². The van der Waals surface area contributed by atoms with E-state index in [0.29, 0.717) is 59.7 Å². The van der Waals surface area contributed by atoms with Crippen molar-refractivity contribution in [1.29, 1.82) is 0 Å². The maximum absolute atomic E-state index is 14.9. The van der Waals surface area contributed by atoms with Crippen LogP contribution in [0.3, 0.4) is 0 Å². The van der Waals surface area contributed by atoms with Crippen molar-refractivity contribution in [3.8, 4) is 5.75 Å². The van der Waals surface area contributed by atoms with Gasteiger partial charge in [0, 0.05) is 46.5 Å². The summed E-state index contributed by atoms with van der Waals surface area (Å²) in [6.07, 6.45) is 2.50. The zero-order chi connectivity index (χ0) is 32.7. The zero-order valence-corrected chi connectivity index (χ0v) is 28.1. The molecule has 1 fully saturated rings. The van der Waals surface area contributed by atoms with Gasteiger partial charge in [0.25, 0.3) is 0 Å². The number of urea groups is 1. The van der Waals surface area contributed by atoms with Crippen LogP contribution in [0.1, 0.15) is 76.8 Å². The number of aliphatic imine (C=N–C) groups is 1. The zero-order valence-electron chi connectivity index (χ0n) is 26.6. The fourth-order valence-corrected chi connectivity index (χ4v) is 6.57. The number of carboxylic acids is 1. The first kappa shape index (κ1) is 32.8. The number of amidine groups is 1. The number of nitrogens with zero attached hydrogens (tertiary/aromatic N) is 4. The number of hydrogen-bond acceptors (Lipinski definition) is 5. The number of carboxylic acid groups (broad SMARTS) is 1. The number of amides is 2. The van der Waals surface area contributed by atoms with Crippen molar-refractivity contribution < 1.29 is 19.4 Å². The van der Waals surface area contributed by atoms with E-state index >= 15 is 0 Å². The van der Waals surface area contributed by atoms with Crippen LogP contribution in [-0.2, 0) is 21.3 Å². The molecule has 0 radical (unpaired) electrons. The second-order valence-electron chi connectivity index (χ2n) is 13.1. The lowest BCUT2D eigenvalue weighted by Gasteiger charge is -2.47. The van der Waals surface area contributed by atoms with E-state index in [1.54, 1.807) is 16.0 Å². The van der Waals surface area contributed by atoms with Crippen molar-refractivity contribution in [2.24, 2.45) is 10.9 Å². The molecule has 2 aromatic carbocycles. The third kappa shape index (κ3) is 5.90. The summed E-state index contributed by atoms with van der Waals surface area (Å²) in [5.74, 6) is -0.316. The number of carbonyl (C=O) groups excluding carboxylic acids is 1. The number of ether oxygens (including phenoxy) is 1. The number of piperidine rings is 1. The van der Waals surface area contributed by atoms with Gasteiger partial charge in [-0.3, -0.25) is 19.7 Å². The van der Waals surface area contributed by atoms with Gasteiger partial charge in [-0.25, -0.2) is 4.79 Å². The maximum Gasteiger partial charge on any atom is 0.326 e. The maximum atomic E-state index is 14.9. The second kappa shape index (κ2) is 12.3. The standard InChI is InChI=1S/C35H40Cl2N4O4/c1-7-45-28-20-29(33(2,3)4)38-21-27(28)30-39-34(5,23-8-12-25(36)13-9-23)35(6,24-10-14-26(37)15-11-24)41(30)32(44)40-18-16-22(17-19-40)31(42)43/h8-15,20-22H,7,16-19H2,1-6H3,(H,42,43)/t34-,35+/m0/s1. The van der Waals surface area contributed by atoms with Gasteiger partial charge in [0.15, 0.2) is 0 Å². The highest BCUT2D eigenvalue weighted by molar-refractivity contribution is 6.30. The monoisotopic (exact) mass is 650 g/mol. The molecule has 2 atom stereocenters. The average Bonchev–Trinajstić information content (AvgIpc) is 3.25. The van der Waals surface area contributed by atoms with Crippen molar-refractivity contribution in [2.75, 3.05) is 19.7 Å². The Balaban J connectivity index is 1.76. The molecule has 3 heterocycles. The third-order valence-corrected chi connectivity index (χ3v) is 9.73. The molecule has 0 bridgehead atoms. The molecule has 10 heteroatoms. The molecule has 2 amide bonds. The van der Waals surface area contributed by atoms with E-state index in [1.807, 2.05) is 75.4 Å². The molecule has 3 aromatic rings. The van der Waals surface area contributed by atoms with Crippen molar-refractivity contribution in [2.45, 2.75) is 70.9 Å². The largest absolute Gasteiger partial charge is 0.493 e. The average molecular weight is 652 g/mol. The minimum absolute atomic E-state index is 0.235. The van der Waals surface area contributed by atoms with Crippen LogP contribution in [0.4, 0.5) is 4.79 Å². The molecule has 2 aliphatic rings. The first-order valence-electron chi connectivity index (χ1n) is 15.3. The number of pyridine rings is 1. The summed E-state index contributed by atoms with van der Waals surface area (Å²) in [5.41, 5.74) is 0.837. The molecule has 1 aromatic heterocycles. The Hall–Kier alpha value is -3.62. The summed E-state index contributed by atoms with van der Waals surface area (Å²) < 4.78 is 6.21. The third-order valence-electron chi connectivity index (χ3n) is 9.23. The van der Waals surface area contributed by atoms with E-state index in [2.05, 4.69) is 20.8 Å². The molecule has 2 aliphatic heterocycles. The topological polar surface area (TPSA) is 95.3 Å². The number of rotatable bonds is 6. The lowest BCUT2D eigenvalue weighted by molar-refractivity contribution is -0.143. The van der Waals surface area contributed by atoms with E-state index < -0.39 is 23.0 Å². The molecule has 238 valence electrons. The molecular formula is C35H40Cl2N4O4. The predicted octanol–water partition coefficient (Wildman–Crippen LogP) is 7.89. The summed E-state index contributed by atoms with van der Waals surface area (Å²) in [6, 6.07) is 16.7. The Labute approximate surface area is 275 Å². The van der Waals surface area contributed by atoms with Gasteiger partial charge in [-0.05, 0) is 69.0 Å². The van der Waals surface area contributed by atoms with Crippen LogP contribution in [-0.4, -0.2) is 57.4 Å². The van der Waals surface area contributed by atoms with Gasteiger partial charge in [0.2, 0.25) is 0 Å². The van der Waals surface area contributed by atoms with Crippen molar-refractivity contribution in [1.82, 2.24) is 14.8 Å². The number of halogens is 2. The van der Waals surface area contributed by atoms with Gasteiger partial charge in [-0.15, -0.1) is 0 Å². The van der Waals surface area contributed by atoms with Gasteiger partial charge in [0.05, 0.1) is 18.1 Å². The second-order valence-corrected chi connectivity index (χ2v) is 13.9. The van der Waals surface area contributed by atoms with Crippen LogP contribution in [0, 0.1) is 5.92 Å². The first-order valence-corrected chi connectivity index (χ1v) is 16.0. The lowest BCUT2D eigenvalue weighted by atomic mass is 9.71. The summed E-state index contributed by atoms with van der Waals surface area (Å²) in [4.78, 5) is 40.4. The molecule has 5 rings (SSSR count). The number of aliphatic carboxylic acids is 1. The normalized spacial score (nSPS) is 22.4. The quantitative estimate of drug-likeness (QED) is 0.293. The first-order chi connectivity index (χ1) is 21.2. The Morgan fingerprint density at radius 1 is 0.978 bits per heavy atom. The smallest absolute Gasteiger partial charge is 0.326 e. The summed E-state index contributed by atoms with van der Waals surface area (Å²) in [6.45, 7) is 13.3. The lowest BCUT2D eigenvalue weighted by Crippen LogP contribution is -2.59. The molecule has 8 nitrogen and oxygen atoms in total. The Morgan fingerprint density at radius 3 is 2.04 bits per heavy atom. The molecule has 0 aliphatic carbocycles. The van der Waals surface area contributed by atoms with Crippen LogP contribution < -0.4 is 4.74 Å². The fraction of sp³-hybridized carbons (Fsp3) is 0.429. The van der Waals surface area contributed by atoms with E-state index in [9.17, 15) is 14.7 Å². The van der Waals surface area contributed by atoms with Crippen LogP contribution >= 0.6 is 23.2 Å². The molecule has 1 saturated heterocycles. The Kier molecular flexibility index (Phi) is 8.95. The summed E-state index contributed by atoms with van der Waals surface area (Å²) >= 11 is 12.7. The minimum Gasteiger partial charge on any atom is -0.493 e. The van der Waals surface area contributed by atoms with Gasteiger partial charge in [-0.2, -0.15) is 0 Å². The van der Waals surface area contributed by atoms with E-state index in [1.165, 1.54) is 0 Å². The van der Waals surface area contributed by atoms with Crippen LogP contribution in [0.25, 0.3) is 0 Å². The highest BCUT2D eigenvalue weighted by Gasteiger charge is 2.60. The number of carbonyl (C=O) groups is 2. The highest BCUT2D eigenvalue weighted by Crippen LogP contribution is 2.54. The summed E-state index contributed by atoms with van der Waals surface area (Å²) in [5, 5.41) is 10.8. The van der Waals surface area contributed by atoms with Crippen molar-refractivity contribution in [3.05, 3.63) is 93.2 Å². The van der Waals surface area contributed by atoms with Gasteiger partial charge in [-0.1, -0.05) is 68.2 Å². The number of benzene rings is 2. The number of aromatic nitrogens is 1. The summed E-state index contributed by atoms with van der Waals surface area (Å²) in [7, 11) is 0. The fourth-order valence-electron chi connectivity index (χ4n) is 6.32. The highest BCUT2D eigenvalue weighted by atomic mass is 35.5. The van der Waals surface area contributed by atoms with Crippen LogP contribution in [0.15, 0.2) is 65.8 Å².